The lowest BCUT2D eigenvalue weighted by molar-refractivity contribution is 0.0428. The van der Waals surface area contributed by atoms with E-state index in [1.807, 2.05) is 14.0 Å². The molecule has 224 valence electrons. The van der Waals surface area contributed by atoms with Gasteiger partial charge in [0.25, 0.3) is 17.7 Å². The SMILES string of the molecule is C[C@H]1Cn2ncc(C(=O)Nc3ccc(O[C@H]4CCN(C)C4)c(C#N)c3)c2C(=O)N1c1ccc(C(F)(F)c2ccccc2)cc1. The molecule has 2 atom stereocenters. The molecule has 0 bridgehead atoms. The lowest BCUT2D eigenvalue weighted by Gasteiger charge is -2.34. The van der Waals surface area contributed by atoms with E-state index in [0.717, 1.165) is 19.5 Å². The number of carbonyl (C=O) groups excluding carboxylic acids is 2. The normalized spacial score (nSPS) is 18.5. The van der Waals surface area contributed by atoms with Gasteiger partial charge >= 0.3 is 0 Å². The summed E-state index contributed by atoms with van der Waals surface area (Å²) in [6.07, 6.45) is 2.18. The third-order valence-electron chi connectivity index (χ3n) is 8.03. The van der Waals surface area contributed by atoms with Crippen LogP contribution in [0, 0.1) is 11.3 Å². The number of likely N-dealkylation sites (N-methyl/N-ethyl adjacent to an activating group) is 1. The number of carbonyl (C=O) groups is 2. The van der Waals surface area contributed by atoms with Crippen LogP contribution in [0.4, 0.5) is 20.2 Å². The topological polar surface area (TPSA) is 103 Å². The monoisotopic (exact) mass is 596 g/mol. The molecule has 2 amide bonds. The lowest BCUT2D eigenvalue weighted by atomic mass is 9.99. The van der Waals surface area contributed by atoms with Gasteiger partial charge in [-0.3, -0.25) is 14.3 Å². The van der Waals surface area contributed by atoms with Gasteiger partial charge in [-0.1, -0.05) is 42.5 Å². The quantitative estimate of drug-likeness (QED) is 0.312. The Morgan fingerprint density at radius 1 is 1.07 bits per heavy atom. The summed E-state index contributed by atoms with van der Waals surface area (Å²) in [6, 6.07) is 19.7. The van der Waals surface area contributed by atoms with Crippen molar-refractivity contribution in [2.24, 2.45) is 0 Å². The molecule has 2 aliphatic heterocycles. The highest BCUT2D eigenvalue weighted by molar-refractivity contribution is 6.15. The van der Waals surface area contributed by atoms with Crippen LogP contribution in [0.5, 0.6) is 5.75 Å². The fourth-order valence-corrected chi connectivity index (χ4v) is 5.75. The second-order valence-corrected chi connectivity index (χ2v) is 11.2. The smallest absolute Gasteiger partial charge is 0.298 e. The molecule has 44 heavy (non-hydrogen) atoms. The van der Waals surface area contributed by atoms with E-state index in [1.165, 1.54) is 58.2 Å². The number of nitrogens with one attached hydrogen (secondary N) is 1. The number of alkyl halides is 2. The number of fused-ring (bicyclic) bond motifs is 1. The zero-order chi connectivity index (χ0) is 31.0. The van der Waals surface area contributed by atoms with Crippen molar-refractivity contribution >= 4 is 23.2 Å². The lowest BCUT2D eigenvalue weighted by Crippen LogP contribution is -2.47. The average molecular weight is 597 g/mol. The van der Waals surface area contributed by atoms with Gasteiger partial charge in [0.15, 0.2) is 0 Å². The molecule has 0 unspecified atom stereocenters. The number of halogens is 2. The summed E-state index contributed by atoms with van der Waals surface area (Å²) in [7, 11) is 2.01. The minimum Gasteiger partial charge on any atom is -0.488 e. The second-order valence-electron chi connectivity index (χ2n) is 11.2. The van der Waals surface area contributed by atoms with Crippen molar-refractivity contribution in [3.63, 3.8) is 0 Å². The maximum Gasteiger partial charge on any atom is 0.298 e. The van der Waals surface area contributed by atoms with Gasteiger partial charge in [-0.15, -0.1) is 0 Å². The Kier molecular flexibility index (Phi) is 7.61. The van der Waals surface area contributed by atoms with E-state index in [1.54, 1.807) is 30.3 Å². The third kappa shape index (κ3) is 5.40. The number of hydrogen-bond donors (Lipinski definition) is 1. The molecule has 2 aliphatic rings. The molecule has 1 N–H and O–H groups in total. The Morgan fingerprint density at radius 3 is 2.48 bits per heavy atom. The van der Waals surface area contributed by atoms with Crippen molar-refractivity contribution in [1.82, 2.24) is 14.7 Å². The Hall–Kier alpha value is -5.08. The summed E-state index contributed by atoms with van der Waals surface area (Å²) in [5.74, 6) is -3.80. The molecule has 11 heteroatoms. The van der Waals surface area contributed by atoms with Gasteiger partial charge in [-0.25, -0.2) is 0 Å². The van der Waals surface area contributed by atoms with Crippen LogP contribution in [0.2, 0.25) is 0 Å². The fraction of sp³-hybridized carbons (Fsp3) is 0.273. The molecular weight excluding hydrogens is 566 g/mol. The van der Waals surface area contributed by atoms with Gasteiger partial charge in [0.1, 0.15) is 23.6 Å². The molecule has 6 rings (SSSR count). The Balaban J connectivity index is 1.21. The number of ether oxygens (including phenoxy) is 1. The van der Waals surface area contributed by atoms with Crippen molar-refractivity contribution in [3.8, 4) is 11.8 Å². The molecule has 3 aromatic carbocycles. The molecule has 0 radical (unpaired) electrons. The van der Waals surface area contributed by atoms with E-state index < -0.39 is 17.7 Å². The number of nitrogens with zero attached hydrogens (tertiary/aromatic N) is 5. The van der Waals surface area contributed by atoms with Crippen LogP contribution in [0.25, 0.3) is 0 Å². The average Bonchev–Trinajstić information content (AvgIpc) is 3.64. The van der Waals surface area contributed by atoms with Crippen molar-refractivity contribution in [3.05, 3.63) is 107 Å². The molecule has 3 heterocycles. The highest BCUT2D eigenvalue weighted by atomic mass is 19.3. The fourth-order valence-electron chi connectivity index (χ4n) is 5.75. The molecule has 1 aromatic heterocycles. The first-order valence-corrected chi connectivity index (χ1v) is 14.3. The second kappa shape index (κ2) is 11.5. The summed E-state index contributed by atoms with van der Waals surface area (Å²) in [6.45, 7) is 3.81. The molecular formula is C33H30F2N6O3. The van der Waals surface area contributed by atoms with Gasteiger partial charge in [0, 0.05) is 35.6 Å². The zero-order valence-corrected chi connectivity index (χ0v) is 24.2. The predicted octanol–water partition coefficient (Wildman–Crippen LogP) is 5.28. The molecule has 0 aliphatic carbocycles. The van der Waals surface area contributed by atoms with Crippen LogP contribution >= 0.6 is 0 Å². The zero-order valence-electron chi connectivity index (χ0n) is 24.2. The summed E-state index contributed by atoms with van der Waals surface area (Å²) in [4.78, 5) is 30.8. The van der Waals surface area contributed by atoms with Crippen molar-refractivity contribution in [2.75, 3.05) is 30.4 Å². The molecule has 0 spiro atoms. The minimum atomic E-state index is -3.20. The standard InChI is InChI=1S/C33H30F2N6O3/c1-21-19-40-30(32(43)41(21)26-11-8-24(9-12-26)33(34,35)23-6-4-3-5-7-23)28(18-37-40)31(42)38-25-10-13-29(22(16-25)17-36)44-27-14-15-39(2)20-27/h3-13,16,18,21,27H,14-15,19-20H2,1-2H3,(H,38,42)/t21-,27-/m0/s1. The number of rotatable bonds is 7. The first-order valence-electron chi connectivity index (χ1n) is 14.3. The van der Waals surface area contributed by atoms with Crippen LogP contribution in [0.15, 0.2) is 79.0 Å². The van der Waals surface area contributed by atoms with Gasteiger partial charge in [-0.2, -0.15) is 19.1 Å². The number of aromatic nitrogens is 2. The van der Waals surface area contributed by atoms with Crippen LogP contribution in [-0.2, 0) is 12.5 Å². The van der Waals surface area contributed by atoms with Crippen LogP contribution < -0.4 is 15.0 Å². The summed E-state index contributed by atoms with van der Waals surface area (Å²) in [5.41, 5.74) is 0.907. The van der Waals surface area contributed by atoms with Gasteiger partial charge < -0.3 is 19.9 Å². The number of hydrogen-bond acceptors (Lipinski definition) is 6. The minimum absolute atomic E-state index is 0.0145. The molecule has 0 saturated carbocycles. The summed E-state index contributed by atoms with van der Waals surface area (Å²) < 4.78 is 37.7. The van der Waals surface area contributed by atoms with E-state index >= 15 is 8.78 Å². The molecule has 1 fully saturated rings. The van der Waals surface area contributed by atoms with Crippen LogP contribution in [0.3, 0.4) is 0 Å². The highest BCUT2D eigenvalue weighted by Gasteiger charge is 2.37. The first kappa shape index (κ1) is 29.0. The number of anilines is 2. The van der Waals surface area contributed by atoms with Crippen LogP contribution in [0.1, 0.15) is 50.9 Å². The largest absolute Gasteiger partial charge is 0.488 e. The van der Waals surface area contributed by atoms with Gasteiger partial charge in [0.2, 0.25) is 0 Å². The maximum atomic E-state index is 15.1. The van der Waals surface area contributed by atoms with E-state index in [0.29, 0.717) is 23.7 Å². The number of nitriles is 1. The predicted molar refractivity (Wildman–Crippen MR) is 160 cm³/mol. The number of likely N-dealkylation sites (tertiary alicyclic amines) is 1. The van der Waals surface area contributed by atoms with Crippen molar-refractivity contribution in [2.45, 2.75) is 38.0 Å². The number of benzene rings is 3. The van der Waals surface area contributed by atoms with E-state index in [2.05, 4.69) is 21.4 Å². The van der Waals surface area contributed by atoms with Crippen LogP contribution in [-0.4, -0.2) is 58.8 Å². The third-order valence-corrected chi connectivity index (χ3v) is 8.03. The van der Waals surface area contributed by atoms with Crippen molar-refractivity contribution in [1.29, 1.82) is 5.26 Å². The summed E-state index contributed by atoms with van der Waals surface area (Å²) >= 11 is 0. The molecule has 1 saturated heterocycles. The Labute approximate surface area is 253 Å². The first-order chi connectivity index (χ1) is 21.2. The highest BCUT2D eigenvalue weighted by Crippen LogP contribution is 2.37. The Bertz CT molecular complexity index is 1750. The van der Waals surface area contributed by atoms with E-state index in [-0.39, 0.29) is 40.1 Å². The molecule has 9 nitrogen and oxygen atoms in total. The summed E-state index contributed by atoms with van der Waals surface area (Å²) in [5, 5.41) is 16.7. The van der Waals surface area contributed by atoms with Gasteiger partial charge in [-0.05, 0) is 50.7 Å². The Morgan fingerprint density at radius 2 is 1.80 bits per heavy atom. The van der Waals surface area contributed by atoms with E-state index in [9.17, 15) is 14.9 Å². The number of amides is 2. The molecule has 4 aromatic rings. The maximum absolute atomic E-state index is 15.1. The van der Waals surface area contributed by atoms with Crippen molar-refractivity contribution < 1.29 is 23.1 Å². The van der Waals surface area contributed by atoms with Gasteiger partial charge in [0.05, 0.1) is 29.9 Å². The van der Waals surface area contributed by atoms with E-state index in [4.69, 9.17) is 4.74 Å².